The number of aromatic nitrogens is 2. The van der Waals surface area contributed by atoms with Crippen LogP contribution in [0, 0.1) is 5.92 Å². The zero-order chi connectivity index (χ0) is 11.4. The topological polar surface area (TPSA) is 41.1 Å². The summed E-state index contributed by atoms with van der Waals surface area (Å²) in [6, 6.07) is 0. The fraction of sp³-hybridized carbons (Fsp3) is 0.818. The molecule has 0 saturated heterocycles. The van der Waals surface area contributed by atoms with Gasteiger partial charge in [0.05, 0.1) is 0 Å². The van der Waals surface area contributed by atoms with Crippen LogP contribution in [0.1, 0.15) is 31.9 Å². The third kappa shape index (κ3) is 2.92. The van der Waals surface area contributed by atoms with Crippen molar-refractivity contribution in [2.45, 2.75) is 32.7 Å². The summed E-state index contributed by atoms with van der Waals surface area (Å²) in [6.45, 7) is 5.14. The summed E-state index contributed by atoms with van der Waals surface area (Å²) >= 11 is 1.46. The molecule has 16 heavy (non-hydrogen) atoms. The lowest BCUT2D eigenvalue weighted by atomic mass is 9.85. The van der Waals surface area contributed by atoms with Gasteiger partial charge in [-0.25, -0.2) is 0 Å². The Hall–Kier alpha value is -0.680. The first kappa shape index (κ1) is 11.8. The number of rotatable bonds is 6. The monoisotopic (exact) mass is 240 g/mol. The van der Waals surface area contributed by atoms with Crippen LogP contribution in [0.25, 0.3) is 0 Å². The van der Waals surface area contributed by atoms with Gasteiger partial charge in [0, 0.05) is 31.2 Å². The minimum absolute atomic E-state index is 0.912. The average molecular weight is 240 g/mol. The minimum Gasteiger partial charge on any atom is -0.374 e. The first-order valence-corrected chi connectivity index (χ1v) is 6.80. The number of hydrogen-bond donors (Lipinski definition) is 1. The van der Waals surface area contributed by atoms with Crippen LogP contribution in [0.2, 0.25) is 0 Å². The van der Waals surface area contributed by atoms with Crippen molar-refractivity contribution in [1.82, 2.24) is 14.5 Å². The Bertz CT molecular complexity index is 322. The van der Waals surface area contributed by atoms with Crippen molar-refractivity contribution in [1.29, 1.82) is 0 Å². The molecule has 0 bridgehead atoms. The van der Waals surface area contributed by atoms with Crippen molar-refractivity contribution in [2.75, 3.05) is 25.5 Å². The molecule has 90 valence electrons. The predicted molar refractivity (Wildman–Crippen MR) is 67.7 cm³/mol. The second-order valence-corrected chi connectivity index (χ2v) is 5.33. The molecule has 1 aliphatic rings. The smallest absolute Gasteiger partial charge is 0.134 e. The Morgan fingerprint density at radius 2 is 2.31 bits per heavy atom. The number of nitrogens with one attached hydrogen (secondary N) is 1. The quantitative estimate of drug-likeness (QED) is 0.827. The second kappa shape index (κ2) is 5.59. The molecule has 0 amide bonds. The van der Waals surface area contributed by atoms with Gasteiger partial charge in [0.2, 0.25) is 0 Å². The Morgan fingerprint density at radius 1 is 1.50 bits per heavy atom. The largest absolute Gasteiger partial charge is 0.374 e. The van der Waals surface area contributed by atoms with Crippen LogP contribution in [-0.2, 0) is 6.54 Å². The Kier molecular flexibility index (Phi) is 4.12. The zero-order valence-electron chi connectivity index (χ0n) is 10.1. The lowest BCUT2D eigenvalue weighted by molar-refractivity contribution is 0.199. The molecule has 1 N–H and O–H groups in total. The maximum Gasteiger partial charge on any atom is 0.134 e. The lowest BCUT2D eigenvalue weighted by Gasteiger charge is -2.29. The van der Waals surface area contributed by atoms with Crippen LogP contribution >= 0.6 is 11.5 Å². The average Bonchev–Trinajstić information content (AvgIpc) is 2.60. The zero-order valence-corrected chi connectivity index (χ0v) is 10.9. The summed E-state index contributed by atoms with van der Waals surface area (Å²) in [5.74, 6) is 0.916. The maximum absolute atomic E-state index is 4.19. The van der Waals surface area contributed by atoms with Gasteiger partial charge in [0.1, 0.15) is 10.7 Å². The lowest BCUT2D eigenvalue weighted by Crippen LogP contribution is -2.29. The molecule has 1 aromatic heterocycles. The normalized spacial score (nSPS) is 16.4. The van der Waals surface area contributed by atoms with Gasteiger partial charge in [0.25, 0.3) is 0 Å². The molecule has 0 unspecified atom stereocenters. The van der Waals surface area contributed by atoms with Crippen LogP contribution in [0.15, 0.2) is 0 Å². The van der Waals surface area contributed by atoms with Crippen LogP contribution in [0.3, 0.4) is 0 Å². The van der Waals surface area contributed by atoms with Crippen molar-refractivity contribution in [3.8, 4) is 0 Å². The van der Waals surface area contributed by atoms with Crippen LogP contribution in [0.4, 0.5) is 5.00 Å². The van der Waals surface area contributed by atoms with Gasteiger partial charge in [-0.15, -0.1) is 5.10 Å². The van der Waals surface area contributed by atoms with Crippen LogP contribution in [0.5, 0.6) is 0 Å². The molecular weight excluding hydrogens is 220 g/mol. The van der Waals surface area contributed by atoms with Gasteiger partial charge in [-0.1, -0.05) is 10.9 Å². The van der Waals surface area contributed by atoms with Crippen molar-refractivity contribution in [2.24, 2.45) is 5.92 Å². The molecular formula is C11H20N4S. The standard InChI is InChI=1S/C11H20N4S/c1-3-12-11-10(13-14-16-11)8-15(2)7-9-5-4-6-9/h9,12H,3-8H2,1-2H3. The van der Waals surface area contributed by atoms with E-state index in [0.29, 0.717) is 0 Å². The molecule has 0 spiro atoms. The summed E-state index contributed by atoms with van der Waals surface area (Å²) in [6.07, 6.45) is 4.22. The van der Waals surface area contributed by atoms with E-state index in [1.807, 2.05) is 0 Å². The summed E-state index contributed by atoms with van der Waals surface area (Å²) in [5, 5.41) is 8.63. The fourth-order valence-corrected chi connectivity index (χ4v) is 2.68. The molecule has 0 aromatic carbocycles. The third-order valence-electron chi connectivity index (χ3n) is 3.11. The Labute approximate surface area is 101 Å². The number of anilines is 1. The van der Waals surface area contributed by atoms with E-state index in [-0.39, 0.29) is 0 Å². The van der Waals surface area contributed by atoms with Crippen molar-refractivity contribution >= 4 is 16.5 Å². The highest BCUT2D eigenvalue weighted by molar-refractivity contribution is 7.10. The molecule has 0 atom stereocenters. The van der Waals surface area contributed by atoms with Crippen LogP contribution < -0.4 is 5.32 Å². The third-order valence-corrected chi connectivity index (χ3v) is 3.83. The fourth-order valence-electron chi connectivity index (χ4n) is 2.04. The molecule has 1 aliphatic carbocycles. The van der Waals surface area contributed by atoms with E-state index in [2.05, 4.69) is 33.8 Å². The molecule has 2 rings (SSSR count). The predicted octanol–water partition coefficient (Wildman–Crippen LogP) is 2.20. The molecule has 1 fully saturated rings. The van der Waals surface area contributed by atoms with E-state index >= 15 is 0 Å². The van der Waals surface area contributed by atoms with E-state index in [4.69, 9.17) is 0 Å². The van der Waals surface area contributed by atoms with E-state index < -0.39 is 0 Å². The summed E-state index contributed by atoms with van der Waals surface area (Å²) < 4.78 is 4.01. The highest BCUT2D eigenvalue weighted by Gasteiger charge is 2.20. The van der Waals surface area contributed by atoms with Crippen molar-refractivity contribution < 1.29 is 0 Å². The number of hydrogen-bond acceptors (Lipinski definition) is 5. The molecule has 5 heteroatoms. The molecule has 0 radical (unpaired) electrons. The molecule has 1 saturated carbocycles. The highest BCUT2D eigenvalue weighted by Crippen LogP contribution is 2.27. The summed E-state index contributed by atoms with van der Waals surface area (Å²) in [7, 11) is 2.17. The minimum atomic E-state index is 0.912. The van der Waals surface area contributed by atoms with E-state index in [1.165, 1.54) is 37.3 Å². The van der Waals surface area contributed by atoms with Crippen molar-refractivity contribution in [3.05, 3.63) is 5.69 Å². The SMILES string of the molecule is CCNc1snnc1CN(C)CC1CCC1. The van der Waals surface area contributed by atoms with Crippen molar-refractivity contribution in [3.63, 3.8) is 0 Å². The molecule has 1 aromatic rings. The van der Waals surface area contributed by atoms with Gasteiger partial charge in [0.15, 0.2) is 0 Å². The molecule has 1 heterocycles. The maximum atomic E-state index is 4.19. The van der Waals surface area contributed by atoms with E-state index in [1.54, 1.807) is 0 Å². The van der Waals surface area contributed by atoms with Gasteiger partial charge in [-0.3, -0.25) is 0 Å². The van der Waals surface area contributed by atoms with Gasteiger partial charge in [-0.2, -0.15) is 0 Å². The van der Waals surface area contributed by atoms with Gasteiger partial charge in [-0.05, 0) is 32.7 Å². The molecule has 0 aliphatic heterocycles. The molecule has 4 nitrogen and oxygen atoms in total. The van der Waals surface area contributed by atoms with E-state index in [9.17, 15) is 0 Å². The summed E-state index contributed by atoms with van der Waals surface area (Å²) in [4.78, 5) is 2.36. The Balaban J connectivity index is 1.84. The summed E-state index contributed by atoms with van der Waals surface area (Å²) in [5.41, 5.74) is 1.09. The van der Waals surface area contributed by atoms with Crippen LogP contribution in [-0.4, -0.2) is 34.6 Å². The second-order valence-electron chi connectivity index (χ2n) is 4.57. The first-order chi connectivity index (χ1) is 7.79. The van der Waals surface area contributed by atoms with Gasteiger partial charge >= 0.3 is 0 Å². The Morgan fingerprint density at radius 3 is 2.94 bits per heavy atom. The highest BCUT2D eigenvalue weighted by atomic mass is 32.1. The van der Waals surface area contributed by atoms with Gasteiger partial charge < -0.3 is 10.2 Å². The first-order valence-electron chi connectivity index (χ1n) is 6.03. The van der Waals surface area contributed by atoms with E-state index in [0.717, 1.165) is 29.7 Å². The number of nitrogens with zero attached hydrogens (tertiary/aromatic N) is 3.